The molecule has 0 amide bonds. The van der Waals surface area contributed by atoms with E-state index in [1.165, 1.54) is 5.56 Å². The normalized spacial score (nSPS) is 38.3. The highest BCUT2D eigenvalue weighted by molar-refractivity contribution is 5.20. The van der Waals surface area contributed by atoms with Crippen LogP contribution in [0.1, 0.15) is 25.0 Å². The van der Waals surface area contributed by atoms with E-state index >= 15 is 0 Å². The van der Waals surface area contributed by atoms with E-state index in [1.54, 1.807) is 0 Å². The lowest BCUT2D eigenvalue weighted by Crippen LogP contribution is -2.26. The fourth-order valence-corrected chi connectivity index (χ4v) is 2.38. The van der Waals surface area contributed by atoms with Gasteiger partial charge in [-0.05, 0) is 12.5 Å². The van der Waals surface area contributed by atoms with Crippen LogP contribution in [0.5, 0.6) is 0 Å². The van der Waals surface area contributed by atoms with Crippen LogP contribution >= 0.6 is 0 Å². The van der Waals surface area contributed by atoms with Crippen LogP contribution in [-0.2, 0) is 14.2 Å². The number of hydrogen-bond donors (Lipinski definition) is 0. The minimum Gasteiger partial charge on any atom is -0.378 e. The smallest absolute Gasteiger partial charge is 0.169 e. The first-order valence-electron chi connectivity index (χ1n) is 5.75. The molecular weight excluding hydrogens is 204 g/mol. The van der Waals surface area contributed by atoms with E-state index in [4.69, 9.17) is 14.2 Å². The maximum absolute atomic E-state index is 6.04. The molecule has 2 saturated heterocycles. The topological polar surface area (TPSA) is 27.7 Å². The zero-order valence-corrected chi connectivity index (χ0v) is 9.39. The predicted molar refractivity (Wildman–Crippen MR) is 59.0 cm³/mol. The maximum Gasteiger partial charge on any atom is 0.169 e. The molecule has 3 rings (SSSR count). The molecule has 3 atom stereocenters. The number of benzene rings is 1. The second kappa shape index (κ2) is 3.84. The van der Waals surface area contributed by atoms with Gasteiger partial charge in [0.05, 0.1) is 13.2 Å². The van der Waals surface area contributed by atoms with Crippen LogP contribution in [0.3, 0.4) is 0 Å². The van der Waals surface area contributed by atoms with Crippen molar-refractivity contribution in [3.05, 3.63) is 35.9 Å². The van der Waals surface area contributed by atoms with E-state index in [0.717, 1.165) is 6.42 Å². The molecule has 0 radical (unpaired) electrons. The number of ether oxygens (including phenoxy) is 3. The SMILES string of the molecule is C[C@]12CCOC[C@H](O1)[C@H](c1ccccc1)O2. The monoisotopic (exact) mass is 220 g/mol. The van der Waals surface area contributed by atoms with Crippen LogP contribution in [-0.4, -0.2) is 25.1 Å². The quantitative estimate of drug-likeness (QED) is 0.726. The van der Waals surface area contributed by atoms with Gasteiger partial charge in [0.25, 0.3) is 0 Å². The molecule has 16 heavy (non-hydrogen) atoms. The second-order valence-electron chi connectivity index (χ2n) is 4.56. The molecule has 0 spiro atoms. The van der Waals surface area contributed by atoms with Crippen molar-refractivity contribution >= 4 is 0 Å². The zero-order chi connectivity index (χ0) is 11.0. The van der Waals surface area contributed by atoms with Gasteiger partial charge in [0.2, 0.25) is 0 Å². The van der Waals surface area contributed by atoms with Crippen molar-refractivity contribution in [3.8, 4) is 0 Å². The fraction of sp³-hybridized carbons (Fsp3) is 0.538. The van der Waals surface area contributed by atoms with Gasteiger partial charge in [0, 0.05) is 6.42 Å². The Balaban J connectivity index is 1.88. The molecule has 0 unspecified atom stereocenters. The average molecular weight is 220 g/mol. The first-order valence-corrected chi connectivity index (χ1v) is 5.75. The predicted octanol–water partition coefficient (Wildman–Crippen LogP) is 2.28. The zero-order valence-electron chi connectivity index (χ0n) is 9.39. The van der Waals surface area contributed by atoms with Crippen molar-refractivity contribution in [3.63, 3.8) is 0 Å². The van der Waals surface area contributed by atoms with Gasteiger partial charge >= 0.3 is 0 Å². The van der Waals surface area contributed by atoms with Gasteiger partial charge in [-0.2, -0.15) is 0 Å². The Hall–Kier alpha value is -0.900. The molecule has 0 saturated carbocycles. The van der Waals surface area contributed by atoms with E-state index in [9.17, 15) is 0 Å². The van der Waals surface area contributed by atoms with E-state index in [0.29, 0.717) is 13.2 Å². The average Bonchev–Trinajstić information content (AvgIpc) is 2.50. The Bertz CT molecular complexity index is 365. The van der Waals surface area contributed by atoms with Gasteiger partial charge in [-0.1, -0.05) is 30.3 Å². The lowest BCUT2D eigenvalue weighted by molar-refractivity contribution is -0.161. The highest BCUT2D eigenvalue weighted by Gasteiger charge is 2.46. The molecule has 0 aromatic heterocycles. The molecule has 0 aliphatic carbocycles. The molecule has 2 heterocycles. The number of hydrogen-bond acceptors (Lipinski definition) is 3. The molecule has 86 valence electrons. The summed E-state index contributed by atoms with van der Waals surface area (Å²) in [5.74, 6) is -0.471. The molecule has 2 aliphatic rings. The third kappa shape index (κ3) is 1.75. The van der Waals surface area contributed by atoms with Crippen molar-refractivity contribution in [1.82, 2.24) is 0 Å². The van der Waals surface area contributed by atoms with Crippen LogP contribution in [0, 0.1) is 0 Å². The first-order chi connectivity index (χ1) is 7.77. The van der Waals surface area contributed by atoms with Gasteiger partial charge < -0.3 is 14.2 Å². The Morgan fingerprint density at radius 2 is 2.00 bits per heavy atom. The summed E-state index contributed by atoms with van der Waals surface area (Å²) in [6.45, 7) is 3.33. The van der Waals surface area contributed by atoms with Gasteiger partial charge in [0.1, 0.15) is 12.2 Å². The molecule has 1 aromatic rings. The molecule has 0 N–H and O–H groups in total. The van der Waals surface area contributed by atoms with Crippen molar-refractivity contribution in [2.45, 2.75) is 31.3 Å². The van der Waals surface area contributed by atoms with Crippen molar-refractivity contribution in [1.29, 1.82) is 0 Å². The van der Waals surface area contributed by atoms with Gasteiger partial charge in [-0.25, -0.2) is 0 Å². The Labute approximate surface area is 95.3 Å². The van der Waals surface area contributed by atoms with Crippen LogP contribution in [0.2, 0.25) is 0 Å². The van der Waals surface area contributed by atoms with Crippen LogP contribution < -0.4 is 0 Å². The van der Waals surface area contributed by atoms with Gasteiger partial charge in [0.15, 0.2) is 5.79 Å². The highest BCUT2D eigenvalue weighted by atomic mass is 16.8. The van der Waals surface area contributed by atoms with Crippen LogP contribution in [0.4, 0.5) is 0 Å². The van der Waals surface area contributed by atoms with Crippen molar-refractivity contribution < 1.29 is 14.2 Å². The number of rotatable bonds is 1. The first kappa shape index (κ1) is 10.3. The second-order valence-corrected chi connectivity index (χ2v) is 4.56. The lowest BCUT2D eigenvalue weighted by atomic mass is 10.1. The van der Waals surface area contributed by atoms with Crippen molar-refractivity contribution in [2.24, 2.45) is 0 Å². The van der Waals surface area contributed by atoms with Crippen LogP contribution in [0.25, 0.3) is 0 Å². The summed E-state index contributed by atoms with van der Waals surface area (Å²) in [5, 5.41) is 0. The summed E-state index contributed by atoms with van der Waals surface area (Å²) in [6, 6.07) is 10.2. The Kier molecular flexibility index (Phi) is 2.46. The molecule has 3 nitrogen and oxygen atoms in total. The summed E-state index contributed by atoms with van der Waals surface area (Å²) in [5.41, 5.74) is 1.17. The highest BCUT2D eigenvalue weighted by Crippen LogP contribution is 2.41. The molecule has 2 aliphatic heterocycles. The van der Waals surface area contributed by atoms with E-state index in [1.807, 2.05) is 25.1 Å². The summed E-state index contributed by atoms with van der Waals surface area (Å²) in [6.07, 6.45) is 0.828. The van der Waals surface area contributed by atoms with Crippen molar-refractivity contribution in [2.75, 3.05) is 13.2 Å². The third-order valence-electron chi connectivity index (χ3n) is 3.23. The maximum atomic E-state index is 6.04. The Morgan fingerprint density at radius 1 is 1.19 bits per heavy atom. The summed E-state index contributed by atoms with van der Waals surface area (Å²) in [7, 11) is 0. The summed E-state index contributed by atoms with van der Waals surface area (Å²) in [4.78, 5) is 0. The minimum absolute atomic E-state index is 0.00602. The third-order valence-corrected chi connectivity index (χ3v) is 3.23. The standard InChI is InChI=1S/C13H16O3/c1-13-7-8-14-9-11(15-13)12(16-13)10-5-3-2-4-6-10/h2-6,11-12H,7-9H2,1H3/t11-,12-,13-/m0/s1. The lowest BCUT2D eigenvalue weighted by Gasteiger charge is -2.23. The van der Waals surface area contributed by atoms with Crippen LogP contribution in [0.15, 0.2) is 30.3 Å². The summed E-state index contributed by atoms with van der Waals surface area (Å²) >= 11 is 0. The van der Waals surface area contributed by atoms with E-state index in [-0.39, 0.29) is 12.2 Å². The number of fused-ring (bicyclic) bond motifs is 2. The molecule has 3 heteroatoms. The molecule has 2 bridgehead atoms. The van der Waals surface area contributed by atoms with Gasteiger partial charge in [-0.3, -0.25) is 0 Å². The van der Waals surface area contributed by atoms with E-state index < -0.39 is 5.79 Å². The minimum atomic E-state index is -0.471. The molecule has 1 aromatic carbocycles. The molecular formula is C13H16O3. The fourth-order valence-electron chi connectivity index (χ4n) is 2.38. The van der Waals surface area contributed by atoms with E-state index in [2.05, 4.69) is 12.1 Å². The van der Waals surface area contributed by atoms with Gasteiger partial charge in [-0.15, -0.1) is 0 Å². The summed E-state index contributed by atoms with van der Waals surface area (Å²) < 4.78 is 17.5. The Morgan fingerprint density at radius 3 is 2.81 bits per heavy atom. The molecule has 2 fully saturated rings. The largest absolute Gasteiger partial charge is 0.378 e.